The molecule has 0 aliphatic rings. The van der Waals surface area contributed by atoms with Crippen molar-refractivity contribution in [2.75, 3.05) is 0 Å². The molecule has 0 aliphatic heterocycles. The van der Waals surface area contributed by atoms with E-state index in [0.29, 0.717) is 0 Å². The number of halogens is 1. The average Bonchev–Trinajstić information content (AvgIpc) is 2.48. The molecule has 2 aromatic rings. The van der Waals surface area contributed by atoms with Gasteiger partial charge in [-0.05, 0) is 31.0 Å². The molecule has 2 rings (SSSR count). The van der Waals surface area contributed by atoms with Crippen LogP contribution in [0.2, 0.25) is 5.02 Å². The molecule has 7 heteroatoms. The first-order valence-electron chi connectivity index (χ1n) is 6.46. The summed E-state index contributed by atoms with van der Waals surface area (Å²) in [7, 11) is 0. The van der Waals surface area contributed by atoms with Crippen molar-refractivity contribution in [1.29, 1.82) is 5.26 Å². The van der Waals surface area contributed by atoms with Gasteiger partial charge in [0.1, 0.15) is 11.6 Å². The van der Waals surface area contributed by atoms with E-state index >= 15 is 0 Å². The van der Waals surface area contributed by atoms with Gasteiger partial charge in [0.15, 0.2) is 5.69 Å². The van der Waals surface area contributed by atoms with Crippen molar-refractivity contribution in [2.45, 2.75) is 20.3 Å². The molecular weight excluding hydrogens is 306 g/mol. The highest BCUT2D eigenvalue weighted by molar-refractivity contribution is 6.32. The minimum absolute atomic E-state index is 0.0394. The van der Waals surface area contributed by atoms with Gasteiger partial charge in [-0.25, -0.2) is 4.79 Å². The van der Waals surface area contributed by atoms with Crippen molar-refractivity contribution in [3.8, 4) is 11.8 Å². The smallest absolute Gasteiger partial charge is 0.356 e. The summed E-state index contributed by atoms with van der Waals surface area (Å²) in [4.78, 5) is 23.6. The molecule has 112 valence electrons. The van der Waals surface area contributed by atoms with Crippen LogP contribution >= 0.6 is 11.6 Å². The number of nitrogens with zero attached hydrogens (tertiary/aromatic N) is 3. The third-order valence-corrected chi connectivity index (χ3v) is 3.60. The molecule has 1 heterocycles. The second-order valence-electron chi connectivity index (χ2n) is 4.62. The molecule has 0 spiro atoms. The molecule has 0 aliphatic carbocycles. The quantitative estimate of drug-likeness (QED) is 0.937. The van der Waals surface area contributed by atoms with Gasteiger partial charge in [0.05, 0.1) is 10.7 Å². The standard InChI is InChI=1S/C15H12ClN3O3/c1-3-9-4-5-12(11(16)6-9)19-14(20)10(7-17)8(2)13(18-19)15(21)22/h4-6H,3H2,1-2H3,(H,21,22). The maximum atomic E-state index is 12.3. The second-order valence-corrected chi connectivity index (χ2v) is 5.03. The summed E-state index contributed by atoms with van der Waals surface area (Å²) < 4.78 is 0.858. The van der Waals surface area contributed by atoms with E-state index in [4.69, 9.17) is 16.9 Å². The van der Waals surface area contributed by atoms with Gasteiger partial charge in [-0.3, -0.25) is 4.79 Å². The first kappa shape index (κ1) is 15.7. The van der Waals surface area contributed by atoms with Gasteiger partial charge in [-0.2, -0.15) is 15.0 Å². The number of aryl methyl sites for hydroxylation is 1. The predicted molar refractivity (Wildman–Crippen MR) is 80.6 cm³/mol. The monoisotopic (exact) mass is 317 g/mol. The number of carboxylic acid groups (broad SMARTS) is 1. The van der Waals surface area contributed by atoms with Crippen LogP contribution in [0.5, 0.6) is 0 Å². The van der Waals surface area contributed by atoms with Gasteiger partial charge in [-0.1, -0.05) is 24.6 Å². The van der Waals surface area contributed by atoms with Gasteiger partial charge in [0.2, 0.25) is 0 Å². The van der Waals surface area contributed by atoms with E-state index in [1.165, 1.54) is 6.92 Å². The van der Waals surface area contributed by atoms with E-state index in [9.17, 15) is 14.7 Å². The van der Waals surface area contributed by atoms with Crippen LogP contribution in [0.1, 0.15) is 34.1 Å². The summed E-state index contributed by atoms with van der Waals surface area (Å²) in [6, 6.07) is 6.76. The zero-order valence-corrected chi connectivity index (χ0v) is 12.7. The molecular formula is C15H12ClN3O3. The summed E-state index contributed by atoms with van der Waals surface area (Å²) in [6.07, 6.45) is 0.764. The van der Waals surface area contributed by atoms with Crippen molar-refractivity contribution in [3.05, 3.63) is 56.0 Å². The minimum Gasteiger partial charge on any atom is -0.476 e. The fourth-order valence-corrected chi connectivity index (χ4v) is 2.33. The Morgan fingerprint density at radius 3 is 2.68 bits per heavy atom. The summed E-state index contributed by atoms with van der Waals surface area (Å²) in [5.74, 6) is -1.32. The summed E-state index contributed by atoms with van der Waals surface area (Å²) >= 11 is 6.15. The number of benzene rings is 1. The highest BCUT2D eigenvalue weighted by atomic mass is 35.5. The van der Waals surface area contributed by atoms with Crippen LogP contribution in [0.15, 0.2) is 23.0 Å². The molecule has 0 amide bonds. The zero-order chi connectivity index (χ0) is 16.4. The fraction of sp³-hybridized carbons (Fsp3) is 0.200. The topological polar surface area (TPSA) is 96.0 Å². The van der Waals surface area contributed by atoms with Crippen LogP contribution in [-0.4, -0.2) is 20.9 Å². The van der Waals surface area contributed by atoms with E-state index in [0.717, 1.165) is 16.7 Å². The van der Waals surface area contributed by atoms with E-state index < -0.39 is 11.5 Å². The third-order valence-electron chi connectivity index (χ3n) is 3.30. The molecule has 0 fully saturated rings. The summed E-state index contributed by atoms with van der Waals surface area (Å²) in [6.45, 7) is 3.33. The van der Waals surface area contributed by atoms with Gasteiger partial charge >= 0.3 is 5.97 Å². The number of aromatic nitrogens is 2. The largest absolute Gasteiger partial charge is 0.476 e. The number of hydrogen-bond donors (Lipinski definition) is 1. The Morgan fingerprint density at radius 1 is 1.50 bits per heavy atom. The van der Waals surface area contributed by atoms with Crippen LogP contribution in [0.3, 0.4) is 0 Å². The molecule has 0 atom stereocenters. The first-order valence-corrected chi connectivity index (χ1v) is 6.84. The van der Waals surface area contributed by atoms with Crippen LogP contribution in [0.4, 0.5) is 0 Å². The van der Waals surface area contributed by atoms with Gasteiger partial charge in [-0.15, -0.1) is 0 Å². The number of carbonyl (C=O) groups is 1. The molecule has 22 heavy (non-hydrogen) atoms. The lowest BCUT2D eigenvalue weighted by molar-refractivity contribution is 0.0687. The van der Waals surface area contributed by atoms with E-state index in [-0.39, 0.29) is 27.5 Å². The van der Waals surface area contributed by atoms with Gasteiger partial charge < -0.3 is 5.11 Å². The Labute approximate surface area is 131 Å². The maximum absolute atomic E-state index is 12.3. The predicted octanol–water partition coefficient (Wildman–Crippen LogP) is 2.33. The molecule has 0 saturated carbocycles. The Morgan fingerprint density at radius 2 is 2.18 bits per heavy atom. The zero-order valence-electron chi connectivity index (χ0n) is 11.9. The lowest BCUT2D eigenvalue weighted by Gasteiger charge is -2.11. The number of rotatable bonds is 3. The first-order chi connectivity index (χ1) is 10.4. The van der Waals surface area contributed by atoms with E-state index in [1.807, 2.05) is 6.92 Å². The van der Waals surface area contributed by atoms with Crippen LogP contribution < -0.4 is 5.56 Å². The number of carboxylic acids is 1. The minimum atomic E-state index is -1.32. The third kappa shape index (κ3) is 2.59. The SMILES string of the molecule is CCc1ccc(-n2nc(C(=O)O)c(C)c(C#N)c2=O)c(Cl)c1. The molecule has 1 N–H and O–H groups in total. The number of hydrogen-bond acceptors (Lipinski definition) is 4. The Balaban J connectivity index is 2.82. The Kier molecular flexibility index (Phi) is 4.29. The molecule has 0 unspecified atom stereocenters. The van der Waals surface area contributed by atoms with Crippen molar-refractivity contribution in [2.24, 2.45) is 0 Å². The Bertz CT molecular complexity index is 866. The molecule has 0 radical (unpaired) electrons. The lowest BCUT2D eigenvalue weighted by Crippen LogP contribution is -2.28. The summed E-state index contributed by atoms with van der Waals surface area (Å²) in [5.41, 5.74) is -0.0701. The van der Waals surface area contributed by atoms with Gasteiger partial charge in [0.25, 0.3) is 5.56 Å². The summed E-state index contributed by atoms with van der Waals surface area (Å²) in [5, 5.41) is 22.4. The van der Waals surface area contributed by atoms with E-state index in [1.54, 1.807) is 24.3 Å². The van der Waals surface area contributed by atoms with Crippen molar-refractivity contribution < 1.29 is 9.90 Å². The van der Waals surface area contributed by atoms with Crippen LogP contribution in [0.25, 0.3) is 5.69 Å². The van der Waals surface area contributed by atoms with Crippen molar-refractivity contribution in [3.63, 3.8) is 0 Å². The number of aromatic carboxylic acids is 1. The van der Waals surface area contributed by atoms with Gasteiger partial charge in [0, 0.05) is 5.56 Å². The van der Waals surface area contributed by atoms with Crippen LogP contribution in [-0.2, 0) is 6.42 Å². The highest BCUT2D eigenvalue weighted by Crippen LogP contribution is 2.21. The second kappa shape index (κ2) is 6.00. The maximum Gasteiger partial charge on any atom is 0.356 e. The van der Waals surface area contributed by atoms with E-state index in [2.05, 4.69) is 5.10 Å². The van der Waals surface area contributed by atoms with Crippen molar-refractivity contribution in [1.82, 2.24) is 9.78 Å². The lowest BCUT2D eigenvalue weighted by atomic mass is 10.1. The fourth-order valence-electron chi connectivity index (χ4n) is 2.05. The normalized spacial score (nSPS) is 10.3. The Hall–Kier alpha value is -2.65. The average molecular weight is 318 g/mol. The molecule has 1 aromatic carbocycles. The van der Waals surface area contributed by atoms with Crippen molar-refractivity contribution >= 4 is 17.6 Å². The highest BCUT2D eigenvalue weighted by Gasteiger charge is 2.20. The molecule has 0 saturated heterocycles. The molecule has 1 aromatic heterocycles. The molecule has 6 nitrogen and oxygen atoms in total. The number of nitriles is 1. The molecule has 0 bridgehead atoms. The van der Waals surface area contributed by atoms with Crippen LogP contribution in [0, 0.1) is 18.3 Å².